The first kappa shape index (κ1) is 21.5. The monoisotopic (exact) mass is 400 g/mol. The van der Waals surface area contributed by atoms with Crippen molar-refractivity contribution in [2.75, 3.05) is 31.7 Å². The SMILES string of the molecule is COCCCc1c(Cl)nc(N2CCC(NC(=O)OC(C)(C)C)CC2)[nH]c1=O. The number of amides is 1. The van der Waals surface area contributed by atoms with Crippen LogP contribution in [0.2, 0.25) is 5.15 Å². The fourth-order valence-corrected chi connectivity index (χ4v) is 3.19. The number of halogens is 1. The molecule has 1 aromatic rings. The largest absolute Gasteiger partial charge is 0.444 e. The van der Waals surface area contributed by atoms with E-state index in [2.05, 4.69) is 15.3 Å². The van der Waals surface area contributed by atoms with E-state index in [0.717, 1.165) is 12.8 Å². The maximum Gasteiger partial charge on any atom is 0.407 e. The third-order valence-electron chi connectivity index (χ3n) is 4.24. The number of ether oxygens (including phenoxy) is 2. The lowest BCUT2D eigenvalue weighted by Crippen LogP contribution is -2.46. The van der Waals surface area contributed by atoms with Gasteiger partial charge in [0.25, 0.3) is 5.56 Å². The molecule has 1 aliphatic rings. The van der Waals surface area contributed by atoms with Crippen molar-refractivity contribution in [1.82, 2.24) is 15.3 Å². The number of nitrogens with one attached hydrogen (secondary N) is 2. The molecule has 1 amide bonds. The summed E-state index contributed by atoms with van der Waals surface area (Å²) in [6, 6.07) is 0.0339. The third kappa shape index (κ3) is 6.70. The Morgan fingerprint density at radius 1 is 1.37 bits per heavy atom. The molecule has 1 aromatic heterocycles. The molecule has 0 aliphatic carbocycles. The number of carbonyl (C=O) groups is 1. The second kappa shape index (κ2) is 9.41. The molecule has 2 rings (SSSR count). The van der Waals surface area contributed by atoms with Crippen LogP contribution < -0.4 is 15.8 Å². The van der Waals surface area contributed by atoms with Crippen LogP contribution in [0.5, 0.6) is 0 Å². The molecule has 0 atom stereocenters. The molecule has 0 aromatic carbocycles. The zero-order valence-corrected chi connectivity index (χ0v) is 17.2. The maximum atomic E-state index is 12.3. The Kier molecular flexibility index (Phi) is 7.49. The molecule has 0 bridgehead atoms. The molecule has 0 saturated carbocycles. The predicted molar refractivity (Wildman–Crippen MR) is 105 cm³/mol. The number of piperidine rings is 1. The van der Waals surface area contributed by atoms with Gasteiger partial charge in [-0.2, -0.15) is 0 Å². The summed E-state index contributed by atoms with van der Waals surface area (Å²) in [5.74, 6) is 0.469. The van der Waals surface area contributed by atoms with Crippen molar-refractivity contribution in [3.63, 3.8) is 0 Å². The fourth-order valence-electron chi connectivity index (χ4n) is 2.93. The highest BCUT2D eigenvalue weighted by atomic mass is 35.5. The normalized spacial score (nSPS) is 15.7. The Hall–Kier alpha value is -1.80. The van der Waals surface area contributed by atoms with Gasteiger partial charge in [0.1, 0.15) is 10.8 Å². The minimum atomic E-state index is -0.518. The van der Waals surface area contributed by atoms with E-state index in [1.807, 2.05) is 25.7 Å². The molecule has 152 valence electrons. The molecule has 0 unspecified atom stereocenters. The van der Waals surface area contributed by atoms with E-state index in [9.17, 15) is 9.59 Å². The van der Waals surface area contributed by atoms with Crippen molar-refractivity contribution in [2.45, 2.75) is 58.1 Å². The Labute approximate surface area is 164 Å². The van der Waals surface area contributed by atoms with Crippen LogP contribution in [0.4, 0.5) is 10.7 Å². The molecule has 1 fully saturated rings. The number of hydrogen-bond acceptors (Lipinski definition) is 6. The number of H-pyrrole nitrogens is 1. The van der Waals surface area contributed by atoms with Crippen LogP contribution in [0.25, 0.3) is 0 Å². The van der Waals surface area contributed by atoms with Crippen LogP contribution in [-0.4, -0.2) is 54.5 Å². The van der Waals surface area contributed by atoms with Gasteiger partial charge in [-0.3, -0.25) is 9.78 Å². The molecule has 0 spiro atoms. The maximum absolute atomic E-state index is 12.3. The van der Waals surface area contributed by atoms with Crippen LogP contribution in [0.15, 0.2) is 4.79 Å². The summed E-state index contributed by atoms with van der Waals surface area (Å²) in [5.41, 5.74) is -0.246. The van der Waals surface area contributed by atoms with Gasteiger partial charge >= 0.3 is 6.09 Å². The lowest BCUT2D eigenvalue weighted by atomic mass is 10.1. The molecule has 1 saturated heterocycles. The molecule has 8 nitrogen and oxygen atoms in total. The Balaban J connectivity index is 1.92. The van der Waals surface area contributed by atoms with Crippen LogP contribution in [0.1, 0.15) is 45.6 Å². The average Bonchev–Trinajstić information content (AvgIpc) is 2.56. The minimum absolute atomic E-state index is 0.0339. The number of nitrogens with zero attached hydrogens (tertiary/aromatic N) is 2. The number of carbonyl (C=O) groups excluding carboxylic acids is 1. The number of methoxy groups -OCH3 is 1. The van der Waals surface area contributed by atoms with Crippen molar-refractivity contribution in [3.8, 4) is 0 Å². The van der Waals surface area contributed by atoms with E-state index in [1.165, 1.54) is 0 Å². The van der Waals surface area contributed by atoms with Crippen LogP contribution >= 0.6 is 11.6 Å². The van der Waals surface area contributed by atoms with Gasteiger partial charge in [-0.15, -0.1) is 0 Å². The van der Waals surface area contributed by atoms with Crippen LogP contribution in [-0.2, 0) is 15.9 Å². The summed E-state index contributed by atoms with van der Waals surface area (Å²) < 4.78 is 10.3. The zero-order valence-electron chi connectivity index (χ0n) is 16.4. The summed E-state index contributed by atoms with van der Waals surface area (Å²) in [7, 11) is 1.62. The number of aromatic amines is 1. The lowest BCUT2D eigenvalue weighted by molar-refractivity contribution is 0.0497. The van der Waals surface area contributed by atoms with Gasteiger partial charge in [0.05, 0.1) is 5.56 Å². The van der Waals surface area contributed by atoms with Gasteiger partial charge < -0.3 is 19.7 Å². The number of anilines is 1. The van der Waals surface area contributed by atoms with Crippen LogP contribution in [0.3, 0.4) is 0 Å². The Morgan fingerprint density at radius 2 is 2.04 bits per heavy atom. The average molecular weight is 401 g/mol. The molecule has 2 N–H and O–H groups in total. The van der Waals surface area contributed by atoms with Crippen molar-refractivity contribution in [1.29, 1.82) is 0 Å². The zero-order chi connectivity index (χ0) is 20.0. The summed E-state index contributed by atoms with van der Waals surface area (Å²) >= 11 is 6.22. The number of alkyl carbamates (subject to hydrolysis) is 1. The van der Waals surface area contributed by atoms with E-state index in [0.29, 0.717) is 44.0 Å². The third-order valence-corrected chi connectivity index (χ3v) is 4.56. The van der Waals surface area contributed by atoms with E-state index in [4.69, 9.17) is 21.1 Å². The summed E-state index contributed by atoms with van der Waals surface area (Å²) in [5, 5.41) is 3.12. The van der Waals surface area contributed by atoms with E-state index >= 15 is 0 Å². The van der Waals surface area contributed by atoms with Crippen LogP contribution in [0, 0.1) is 0 Å². The highest BCUT2D eigenvalue weighted by Crippen LogP contribution is 2.19. The van der Waals surface area contributed by atoms with Gasteiger partial charge in [0.15, 0.2) is 0 Å². The molecule has 9 heteroatoms. The smallest absolute Gasteiger partial charge is 0.407 e. The Morgan fingerprint density at radius 3 is 2.59 bits per heavy atom. The molecule has 1 aliphatic heterocycles. The highest BCUT2D eigenvalue weighted by molar-refractivity contribution is 6.30. The second-order valence-electron chi connectivity index (χ2n) is 7.66. The molecule has 0 radical (unpaired) electrons. The van der Waals surface area contributed by atoms with E-state index in [1.54, 1.807) is 7.11 Å². The molecule has 27 heavy (non-hydrogen) atoms. The first-order chi connectivity index (χ1) is 12.7. The lowest BCUT2D eigenvalue weighted by Gasteiger charge is -2.33. The van der Waals surface area contributed by atoms with E-state index < -0.39 is 11.7 Å². The summed E-state index contributed by atoms with van der Waals surface area (Å²) in [6.07, 6.45) is 2.29. The first-order valence-corrected chi connectivity index (χ1v) is 9.59. The summed E-state index contributed by atoms with van der Waals surface area (Å²) in [4.78, 5) is 33.3. The van der Waals surface area contributed by atoms with Crippen molar-refractivity contribution < 1.29 is 14.3 Å². The van der Waals surface area contributed by atoms with Crippen molar-refractivity contribution in [3.05, 3.63) is 21.1 Å². The number of hydrogen-bond donors (Lipinski definition) is 2. The summed E-state index contributed by atoms with van der Waals surface area (Å²) in [6.45, 7) is 7.38. The van der Waals surface area contributed by atoms with E-state index in [-0.39, 0.29) is 16.8 Å². The van der Waals surface area contributed by atoms with Crippen molar-refractivity contribution >= 4 is 23.6 Å². The molecular weight excluding hydrogens is 372 g/mol. The highest BCUT2D eigenvalue weighted by Gasteiger charge is 2.25. The fraction of sp³-hybridized carbons (Fsp3) is 0.722. The van der Waals surface area contributed by atoms with Gasteiger partial charge in [0.2, 0.25) is 5.95 Å². The Bertz CT molecular complexity index is 694. The van der Waals surface area contributed by atoms with Crippen molar-refractivity contribution in [2.24, 2.45) is 0 Å². The topological polar surface area (TPSA) is 96.5 Å². The van der Waals surface area contributed by atoms with Gasteiger partial charge in [-0.25, -0.2) is 9.78 Å². The number of rotatable bonds is 6. The molecular formula is C18H29ClN4O4. The first-order valence-electron chi connectivity index (χ1n) is 9.21. The number of aromatic nitrogens is 2. The van der Waals surface area contributed by atoms with Gasteiger partial charge in [-0.05, 0) is 46.5 Å². The predicted octanol–water partition coefficient (Wildman–Crippen LogP) is 2.50. The molecule has 2 heterocycles. The second-order valence-corrected chi connectivity index (χ2v) is 8.02. The minimum Gasteiger partial charge on any atom is -0.444 e. The quantitative estimate of drug-likeness (QED) is 0.562. The van der Waals surface area contributed by atoms with Gasteiger partial charge in [-0.1, -0.05) is 11.6 Å². The standard InChI is InChI=1S/C18H29ClN4O4/c1-18(2,3)27-17(25)20-12-7-9-23(10-8-12)16-21-14(19)13(15(24)22-16)6-5-11-26-4/h12H,5-11H2,1-4H3,(H,20,25)(H,21,22,24). The van der Waals surface area contributed by atoms with Gasteiger partial charge in [0, 0.05) is 32.8 Å².